The molecule has 1 amide bonds. The van der Waals surface area contributed by atoms with Crippen LogP contribution < -0.4 is 5.32 Å². The number of carbonyl (C=O) groups excluding carboxylic acids is 1. The molecule has 20 heavy (non-hydrogen) atoms. The van der Waals surface area contributed by atoms with E-state index in [1.807, 2.05) is 13.8 Å². The summed E-state index contributed by atoms with van der Waals surface area (Å²) in [5, 5.41) is 9.22. The van der Waals surface area contributed by atoms with Crippen LogP contribution in [0, 0.1) is 5.92 Å². The molecule has 0 aromatic carbocycles. The van der Waals surface area contributed by atoms with Crippen LogP contribution in [0.4, 0.5) is 0 Å². The van der Waals surface area contributed by atoms with Crippen molar-refractivity contribution in [3.05, 3.63) is 11.4 Å². The highest BCUT2D eigenvalue weighted by Crippen LogP contribution is 2.32. The van der Waals surface area contributed by atoms with Crippen molar-refractivity contribution in [1.29, 1.82) is 0 Å². The Balaban J connectivity index is 2.28. The van der Waals surface area contributed by atoms with E-state index in [9.17, 15) is 13.2 Å². The first-order chi connectivity index (χ1) is 9.34. The van der Waals surface area contributed by atoms with Gasteiger partial charge in [-0.15, -0.1) is 0 Å². The third-order valence-electron chi connectivity index (χ3n) is 3.44. The minimum Gasteiger partial charge on any atom is -0.348 e. The minimum atomic E-state index is -4.01. The summed E-state index contributed by atoms with van der Waals surface area (Å²) in [6.07, 6.45) is 3.37. The fourth-order valence-electron chi connectivity index (χ4n) is 2.19. The van der Waals surface area contributed by atoms with Crippen molar-refractivity contribution in [3.63, 3.8) is 0 Å². The Labute approximate surface area is 122 Å². The first-order valence-electron chi connectivity index (χ1n) is 6.67. The molecule has 2 rings (SSSR count). The van der Waals surface area contributed by atoms with Crippen LogP contribution in [0.2, 0.25) is 0 Å². The van der Waals surface area contributed by atoms with E-state index in [4.69, 9.17) is 10.7 Å². The highest BCUT2D eigenvalue weighted by atomic mass is 35.7. The lowest BCUT2D eigenvalue weighted by Crippen LogP contribution is -2.34. The number of nitrogens with one attached hydrogen (secondary N) is 2. The van der Waals surface area contributed by atoms with Crippen molar-refractivity contribution in [3.8, 4) is 0 Å². The summed E-state index contributed by atoms with van der Waals surface area (Å²) in [4.78, 5) is 12.0. The predicted octanol–water partition coefficient (Wildman–Crippen LogP) is 1.82. The van der Waals surface area contributed by atoms with Crippen molar-refractivity contribution < 1.29 is 13.2 Å². The molecule has 0 aliphatic heterocycles. The second kappa shape index (κ2) is 5.73. The van der Waals surface area contributed by atoms with Gasteiger partial charge in [0.1, 0.15) is 4.90 Å². The molecule has 1 aliphatic rings. The molecule has 1 heterocycles. The quantitative estimate of drug-likeness (QED) is 0.782. The van der Waals surface area contributed by atoms with E-state index in [0.29, 0.717) is 18.0 Å². The summed E-state index contributed by atoms with van der Waals surface area (Å²) in [7, 11) is 1.42. The number of carbonyl (C=O) groups is 1. The van der Waals surface area contributed by atoms with Crippen molar-refractivity contribution in [1.82, 2.24) is 15.5 Å². The number of aryl methyl sites for hydroxylation is 1. The van der Waals surface area contributed by atoms with Crippen LogP contribution in [0.3, 0.4) is 0 Å². The average molecular weight is 320 g/mol. The maximum absolute atomic E-state index is 12.2. The molecule has 1 fully saturated rings. The van der Waals surface area contributed by atoms with Crippen LogP contribution in [0.25, 0.3) is 0 Å². The standard InChI is InChI=1S/C12H18ClN3O3S/c1-3-4-9-11(20(13,18)19)10(16-15-9)12(17)14-7(2)8-5-6-8/h7-8H,3-6H2,1-2H3,(H,14,17)(H,15,16). The fraction of sp³-hybridized carbons (Fsp3) is 0.667. The monoisotopic (exact) mass is 319 g/mol. The lowest BCUT2D eigenvalue weighted by Gasteiger charge is -2.11. The zero-order chi connectivity index (χ0) is 14.9. The molecule has 1 atom stereocenters. The molecule has 112 valence electrons. The van der Waals surface area contributed by atoms with E-state index < -0.39 is 15.0 Å². The number of aromatic nitrogens is 2. The second-order valence-electron chi connectivity index (χ2n) is 5.17. The minimum absolute atomic E-state index is 0.0136. The molecule has 1 aromatic rings. The predicted molar refractivity (Wildman–Crippen MR) is 75.3 cm³/mol. The first kappa shape index (κ1) is 15.3. The third-order valence-corrected chi connectivity index (χ3v) is 4.83. The number of aromatic amines is 1. The van der Waals surface area contributed by atoms with Crippen LogP contribution in [0.5, 0.6) is 0 Å². The molecule has 1 aromatic heterocycles. The Morgan fingerprint density at radius 3 is 2.70 bits per heavy atom. The van der Waals surface area contributed by atoms with Crippen LogP contribution in [0.15, 0.2) is 4.90 Å². The number of nitrogens with zero attached hydrogens (tertiary/aromatic N) is 1. The Bertz CT molecular complexity index is 607. The van der Waals surface area contributed by atoms with Gasteiger partial charge in [0.2, 0.25) is 0 Å². The lowest BCUT2D eigenvalue weighted by atomic mass is 10.2. The molecule has 1 unspecified atom stereocenters. The van der Waals surface area contributed by atoms with Gasteiger partial charge in [-0.3, -0.25) is 9.89 Å². The molecule has 8 heteroatoms. The summed E-state index contributed by atoms with van der Waals surface area (Å²) < 4.78 is 23.3. The van der Waals surface area contributed by atoms with Crippen LogP contribution in [0.1, 0.15) is 49.3 Å². The Morgan fingerprint density at radius 1 is 1.55 bits per heavy atom. The zero-order valence-electron chi connectivity index (χ0n) is 11.4. The SMILES string of the molecule is CCCc1[nH]nc(C(=O)NC(C)C2CC2)c1S(=O)(=O)Cl. The summed E-state index contributed by atoms with van der Waals surface area (Å²) in [6.45, 7) is 3.81. The van der Waals surface area contributed by atoms with Gasteiger partial charge < -0.3 is 5.32 Å². The molecule has 0 saturated heterocycles. The smallest absolute Gasteiger partial charge is 0.273 e. The molecule has 0 radical (unpaired) electrons. The molecular formula is C12H18ClN3O3S. The molecule has 1 aliphatic carbocycles. The van der Waals surface area contributed by atoms with Gasteiger partial charge >= 0.3 is 0 Å². The van der Waals surface area contributed by atoms with Crippen LogP contribution >= 0.6 is 10.7 Å². The normalized spacial score (nSPS) is 16.9. The third kappa shape index (κ3) is 3.32. The fourth-order valence-corrected chi connectivity index (χ4v) is 3.50. The Kier molecular flexibility index (Phi) is 4.39. The van der Waals surface area contributed by atoms with Crippen molar-refractivity contribution >= 4 is 25.6 Å². The molecular weight excluding hydrogens is 302 g/mol. The van der Waals surface area contributed by atoms with E-state index in [-0.39, 0.29) is 16.6 Å². The maximum Gasteiger partial charge on any atom is 0.273 e. The number of H-pyrrole nitrogens is 1. The summed E-state index contributed by atoms with van der Waals surface area (Å²) >= 11 is 0. The summed E-state index contributed by atoms with van der Waals surface area (Å²) in [5.41, 5.74) is 0.239. The summed E-state index contributed by atoms with van der Waals surface area (Å²) in [6, 6.07) is 0.0136. The van der Waals surface area contributed by atoms with Crippen molar-refractivity contribution in [2.24, 2.45) is 5.92 Å². The largest absolute Gasteiger partial charge is 0.348 e. The molecule has 6 nitrogen and oxygen atoms in total. The topological polar surface area (TPSA) is 91.9 Å². The van der Waals surface area contributed by atoms with Gasteiger partial charge in [-0.05, 0) is 32.1 Å². The van der Waals surface area contributed by atoms with Gasteiger partial charge in [0.05, 0.1) is 5.69 Å². The van der Waals surface area contributed by atoms with Gasteiger partial charge in [-0.25, -0.2) is 8.42 Å². The average Bonchev–Trinajstić information content (AvgIpc) is 3.09. The van der Waals surface area contributed by atoms with Crippen molar-refractivity contribution in [2.45, 2.75) is 50.5 Å². The van der Waals surface area contributed by atoms with E-state index in [0.717, 1.165) is 19.3 Å². The number of amides is 1. The molecule has 0 bridgehead atoms. The number of halogens is 1. The first-order valence-corrected chi connectivity index (χ1v) is 8.98. The zero-order valence-corrected chi connectivity index (χ0v) is 13.0. The molecule has 1 saturated carbocycles. The van der Waals surface area contributed by atoms with E-state index in [1.54, 1.807) is 0 Å². The van der Waals surface area contributed by atoms with Gasteiger partial charge in [-0.2, -0.15) is 5.10 Å². The van der Waals surface area contributed by atoms with Gasteiger partial charge in [0.15, 0.2) is 5.69 Å². The highest BCUT2D eigenvalue weighted by Gasteiger charge is 2.32. The van der Waals surface area contributed by atoms with Crippen molar-refractivity contribution in [2.75, 3.05) is 0 Å². The summed E-state index contributed by atoms with van der Waals surface area (Å²) in [5.74, 6) is -0.0220. The van der Waals surface area contributed by atoms with Gasteiger partial charge in [0, 0.05) is 16.7 Å². The van der Waals surface area contributed by atoms with Crippen LogP contribution in [-0.4, -0.2) is 30.6 Å². The molecule has 2 N–H and O–H groups in total. The maximum atomic E-state index is 12.2. The van der Waals surface area contributed by atoms with Gasteiger partial charge in [0.25, 0.3) is 15.0 Å². The van der Waals surface area contributed by atoms with E-state index >= 15 is 0 Å². The number of hydrogen-bond acceptors (Lipinski definition) is 4. The second-order valence-corrected chi connectivity index (χ2v) is 7.67. The van der Waals surface area contributed by atoms with Crippen LogP contribution in [-0.2, 0) is 15.5 Å². The Hall–Kier alpha value is -1.08. The number of rotatable bonds is 6. The van der Waals surface area contributed by atoms with E-state index in [1.165, 1.54) is 0 Å². The number of hydrogen-bond donors (Lipinski definition) is 2. The lowest BCUT2D eigenvalue weighted by molar-refractivity contribution is 0.0927. The van der Waals surface area contributed by atoms with Gasteiger partial charge in [-0.1, -0.05) is 13.3 Å². The Morgan fingerprint density at radius 2 is 2.20 bits per heavy atom. The highest BCUT2D eigenvalue weighted by molar-refractivity contribution is 8.13. The molecule has 0 spiro atoms. The van der Waals surface area contributed by atoms with E-state index in [2.05, 4.69) is 15.5 Å².